The van der Waals surface area contributed by atoms with Gasteiger partial charge in [0.25, 0.3) is 0 Å². The van der Waals surface area contributed by atoms with Gasteiger partial charge in [-0.25, -0.2) is 4.79 Å². The van der Waals surface area contributed by atoms with Gasteiger partial charge in [-0.15, -0.1) is 0 Å². The van der Waals surface area contributed by atoms with E-state index < -0.39 is 66.2 Å². The summed E-state index contributed by atoms with van der Waals surface area (Å²) in [6.07, 6.45) is 0.955. The van der Waals surface area contributed by atoms with Gasteiger partial charge in [-0.2, -0.15) is 12.6 Å². The fraction of sp³-hybridized carbons (Fsp3) is 0.435. The first-order chi connectivity index (χ1) is 16.9. The molecular weight excluding hydrogens is 490 g/mol. The second kappa shape index (κ2) is 12.9. The third-order valence-corrected chi connectivity index (χ3v) is 5.90. The quantitative estimate of drug-likeness (QED) is 0.163. The van der Waals surface area contributed by atoms with E-state index in [9.17, 15) is 29.1 Å². The van der Waals surface area contributed by atoms with Gasteiger partial charge in [0.05, 0.1) is 12.5 Å². The summed E-state index contributed by atoms with van der Waals surface area (Å²) in [6, 6.07) is 2.43. The van der Waals surface area contributed by atoms with Gasteiger partial charge in [0, 0.05) is 29.3 Å². The molecule has 0 aliphatic heterocycles. The van der Waals surface area contributed by atoms with Gasteiger partial charge < -0.3 is 36.9 Å². The topological polar surface area (TPSA) is 204 Å². The number of amides is 3. The van der Waals surface area contributed by atoms with Gasteiger partial charge >= 0.3 is 11.9 Å². The number of H-pyrrole nitrogens is 1. The maximum Gasteiger partial charge on any atom is 0.326 e. The number of carboxylic acids is 2. The summed E-state index contributed by atoms with van der Waals surface area (Å²) in [5.74, 6) is -5.54. The minimum absolute atomic E-state index is 0.0461. The summed E-state index contributed by atoms with van der Waals surface area (Å²) >= 11 is 4.01. The van der Waals surface area contributed by atoms with Crippen LogP contribution in [0.3, 0.4) is 0 Å². The Bertz CT molecular complexity index is 1120. The minimum atomic E-state index is -1.68. The van der Waals surface area contributed by atoms with Gasteiger partial charge in [0.2, 0.25) is 17.7 Å². The molecule has 1 aromatic carbocycles. The van der Waals surface area contributed by atoms with Crippen LogP contribution < -0.4 is 21.7 Å². The molecule has 36 heavy (non-hydrogen) atoms. The number of nitrogens with one attached hydrogen (secondary N) is 4. The number of hydrogen-bond acceptors (Lipinski definition) is 7. The molecule has 0 aliphatic rings. The Labute approximate surface area is 212 Å². The minimum Gasteiger partial charge on any atom is -0.481 e. The number of benzene rings is 1. The molecular formula is C23H31N5O7S. The van der Waals surface area contributed by atoms with Gasteiger partial charge in [0.15, 0.2) is 0 Å². The van der Waals surface area contributed by atoms with E-state index in [2.05, 4.69) is 33.6 Å². The number of thiol groups is 1. The van der Waals surface area contributed by atoms with E-state index >= 15 is 0 Å². The van der Waals surface area contributed by atoms with Gasteiger partial charge in [-0.3, -0.25) is 19.2 Å². The summed E-state index contributed by atoms with van der Waals surface area (Å²) < 4.78 is 0. The highest BCUT2D eigenvalue weighted by Gasteiger charge is 2.32. The van der Waals surface area contributed by atoms with Crippen LogP contribution in [0.25, 0.3) is 10.9 Å². The van der Waals surface area contributed by atoms with Crippen LogP contribution in [-0.4, -0.2) is 74.8 Å². The molecule has 196 valence electrons. The van der Waals surface area contributed by atoms with Crippen LogP contribution in [0.5, 0.6) is 0 Å². The van der Waals surface area contributed by atoms with E-state index in [0.29, 0.717) is 0 Å². The van der Waals surface area contributed by atoms with Crippen molar-refractivity contribution in [2.24, 2.45) is 11.7 Å². The molecule has 0 saturated carbocycles. The number of aromatic nitrogens is 1. The number of aliphatic carboxylic acids is 2. The number of hydrogen-bond donors (Lipinski definition) is 8. The molecule has 3 amide bonds. The Morgan fingerprint density at radius 2 is 1.61 bits per heavy atom. The zero-order valence-corrected chi connectivity index (χ0v) is 20.7. The van der Waals surface area contributed by atoms with Crippen LogP contribution in [0.2, 0.25) is 0 Å². The molecule has 13 heteroatoms. The first-order valence-electron chi connectivity index (χ1n) is 11.2. The Hall–Kier alpha value is -3.58. The molecule has 8 N–H and O–H groups in total. The number of carboxylic acid groups (broad SMARTS) is 2. The normalized spacial score (nSPS) is 14.5. The maximum atomic E-state index is 13.3. The lowest BCUT2D eigenvalue weighted by Crippen LogP contribution is -2.59. The summed E-state index contributed by atoms with van der Waals surface area (Å²) in [5, 5.41) is 26.3. The first-order valence-corrected chi connectivity index (χ1v) is 11.8. The molecule has 2 rings (SSSR count). The van der Waals surface area contributed by atoms with Crippen molar-refractivity contribution >= 4 is 53.2 Å². The second-order valence-corrected chi connectivity index (χ2v) is 9.01. The van der Waals surface area contributed by atoms with Crippen LogP contribution in [0.1, 0.15) is 25.8 Å². The largest absolute Gasteiger partial charge is 0.481 e. The number of fused-ring (bicyclic) bond motifs is 1. The molecule has 0 radical (unpaired) electrons. The predicted molar refractivity (Wildman–Crippen MR) is 134 cm³/mol. The monoisotopic (exact) mass is 521 g/mol. The standard InChI is InChI=1S/C23H31N5O7S/c1-11(2)19(22(33)27-17(23(34)35)8-18(29)30)28-21(32)16(26-20(31)14(24)10-36)7-12-9-25-15-6-4-3-5-13(12)15/h3-6,9,11,14,16-17,19,25,36H,7-8,10,24H2,1-2H3,(H,26,31)(H,27,33)(H,28,32)(H,29,30)(H,34,35). The second-order valence-electron chi connectivity index (χ2n) is 8.64. The third kappa shape index (κ3) is 7.71. The molecule has 0 bridgehead atoms. The summed E-state index contributed by atoms with van der Waals surface area (Å²) in [4.78, 5) is 64.0. The van der Waals surface area contributed by atoms with Crippen molar-refractivity contribution in [3.63, 3.8) is 0 Å². The van der Waals surface area contributed by atoms with Crippen molar-refractivity contribution in [3.05, 3.63) is 36.0 Å². The van der Waals surface area contributed by atoms with Gasteiger partial charge in [0.1, 0.15) is 18.1 Å². The Morgan fingerprint density at radius 1 is 0.972 bits per heavy atom. The zero-order chi connectivity index (χ0) is 27.0. The SMILES string of the molecule is CC(C)C(NC(=O)C(Cc1c[nH]c2ccccc12)NC(=O)C(N)CS)C(=O)NC(CC(=O)O)C(=O)O. The number of para-hydroxylation sites is 1. The zero-order valence-electron chi connectivity index (χ0n) is 19.9. The van der Waals surface area contributed by atoms with Crippen LogP contribution in [0.4, 0.5) is 0 Å². The van der Waals surface area contributed by atoms with Gasteiger partial charge in [-0.05, 0) is 17.5 Å². The van der Waals surface area contributed by atoms with Crippen LogP contribution >= 0.6 is 12.6 Å². The van der Waals surface area contributed by atoms with Crippen molar-refractivity contribution in [2.75, 3.05) is 5.75 Å². The average molecular weight is 522 g/mol. The lowest BCUT2D eigenvalue weighted by atomic mass is 10.00. The van der Waals surface area contributed by atoms with Crippen molar-refractivity contribution in [2.45, 2.75) is 50.9 Å². The predicted octanol–water partition coefficient (Wildman–Crippen LogP) is -0.363. The van der Waals surface area contributed by atoms with E-state index in [1.54, 1.807) is 20.0 Å². The third-order valence-electron chi connectivity index (χ3n) is 5.51. The molecule has 1 heterocycles. The lowest BCUT2D eigenvalue weighted by molar-refractivity contribution is -0.147. The summed E-state index contributed by atoms with van der Waals surface area (Å²) in [5.41, 5.74) is 7.33. The molecule has 0 spiro atoms. The molecule has 2 aromatic rings. The molecule has 0 saturated heterocycles. The van der Waals surface area contributed by atoms with Crippen LogP contribution in [0, 0.1) is 5.92 Å². The fourth-order valence-electron chi connectivity index (χ4n) is 3.52. The number of aromatic amines is 1. The van der Waals surface area contributed by atoms with E-state index in [1.807, 2.05) is 24.3 Å². The van der Waals surface area contributed by atoms with Crippen LogP contribution in [-0.2, 0) is 30.4 Å². The van der Waals surface area contributed by atoms with E-state index in [0.717, 1.165) is 16.5 Å². The highest BCUT2D eigenvalue weighted by atomic mass is 32.1. The van der Waals surface area contributed by atoms with Crippen molar-refractivity contribution in [1.82, 2.24) is 20.9 Å². The number of carbonyl (C=O) groups is 5. The smallest absolute Gasteiger partial charge is 0.326 e. The molecule has 0 fully saturated rings. The summed E-state index contributed by atoms with van der Waals surface area (Å²) in [6.45, 7) is 3.25. The van der Waals surface area contributed by atoms with E-state index in [4.69, 9.17) is 10.8 Å². The van der Waals surface area contributed by atoms with E-state index in [-0.39, 0.29) is 12.2 Å². The van der Waals surface area contributed by atoms with E-state index in [1.165, 1.54) is 0 Å². The van der Waals surface area contributed by atoms with Crippen molar-refractivity contribution in [3.8, 4) is 0 Å². The number of nitrogens with two attached hydrogens (primary N) is 1. The molecule has 12 nitrogen and oxygen atoms in total. The number of carbonyl (C=O) groups excluding carboxylic acids is 3. The Kier molecular flexibility index (Phi) is 10.3. The van der Waals surface area contributed by atoms with Gasteiger partial charge in [-0.1, -0.05) is 32.0 Å². The van der Waals surface area contributed by atoms with Crippen molar-refractivity contribution in [1.29, 1.82) is 0 Å². The fourth-order valence-corrected chi connectivity index (χ4v) is 3.68. The number of rotatable bonds is 13. The lowest BCUT2D eigenvalue weighted by Gasteiger charge is -2.27. The highest BCUT2D eigenvalue weighted by Crippen LogP contribution is 2.19. The van der Waals surface area contributed by atoms with Crippen molar-refractivity contribution < 1.29 is 34.2 Å². The Morgan fingerprint density at radius 3 is 2.19 bits per heavy atom. The molecule has 1 aromatic heterocycles. The average Bonchev–Trinajstić information content (AvgIpc) is 3.22. The molecule has 4 unspecified atom stereocenters. The molecule has 4 atom stereocenters. The molecule has 0 aliphatic carbocycles. The van der Waals surface area contributed by atoms with Crippen LogP contribution in [0.15, 0.2) is 30.5 Å². The maximum absolute atomic E-state index is 13.3. The Balaban J connectivity index is 2.27. The first kappa shape index (κ1) is 28.7. The summed E-state index contributed by atoms with van der Waals surface area (Å²) in [7, 11) is 0. The highest BCUT2D eigenvalue weighted by molar-refractivity contribution is 7.80.